The summed E-state index contributed by atoms with van der Waals surface area (Å²) < 4.78 is 1.37. The van der Waals surface area contributed by atoms with E-state index in [2.05, 4.69) is 15.4 Å². The van der Waals surface area contributed by atoms with Crippen molar-refractivity contribution >= 4 is 17.8 Å². The fraction of sp³-hybridized carbons (Fsp3) is 0.412. The van der Waals surface area contributed by atoms with E-state index >= 15 is 0 Å². The van der Waals surface area contributed by atoms with Gasteiger partial charge >= 0.3 is 5.95 Å². The van der Waals surface area contributed by atoms with Crippen molar-refractivity contribution in [2.24, 2.45) is 0 Å². The number of nitrogens with one attached hydrogen (secondary N) is 1. The molecule has 0 atom stereocenters. The maximum atomic E-state index is 12.2. The number of hydrogen-bond donors (Lipinski definition) is 1. The zero-order valence-electron chi connectivity index (χ0n) is 14.7. The summed E-state index contributed by atoms with van der Waals surface area (Å²) >= 11 is 0. The van der Waals surface area contributed by atoms with E-state index in [1.807, 2.05) is 4.90 Å². The zero-order chi connectivity index (χ0) is 19.2. The zero-order valence-corrected chi connectivity index (χ0v) is 14.7. The van der Waals surface area contributed by atoms with Crippen LogP contribution in [0.4, 0.5) is 5.95 Å². The van der Waals surface area contributed by atoms with Crippen molar-refractivity contribution in [1.29, 1.82) is 0 Å². The van der Waals surface area contributed by atoms with Crippen molar-refractivity contribution < 1.29 is 14.5 Å². The van der Waals surface area contributed by atoms with Crippen LogP contribution in [0.5, 0.6) is 0 Å². The SMILES string of the molecule is O=C(NCCCN1CCCC1=O)c1ccc(Cn2cnc([N+](=O)[O-])n2)cc1. The van der Waals surface area contributed by atoms with Gasteiger partial charge in [-0.2, -0.15) is 4.68 Å². The number of likely N-dealkylation sites (tertiary alicyclic amines) is 1. The van der Waals surface area contributed by atoms with Gasteiger partial charge < -0.3 is 20.3 Å². The van der Waals surface area contributed by atoms with Gasteiger partial charge in [0.25, 0.3) is 5.91 Å². The maximum absolute atomic E-state index is 12.2. The lowest BCUT2D eigenvalue weighted by Crippen LogP contribution is -2.30. The van der Waals surface area contributed by atoms with Crippen molar-refractivity contribution in [2.45, 2.75) is 25.8 Å². The first kappa shape index (κ1) is 18.5. The van der Waals surface area contributed by atoms with Crippen molar-refractivity contribution in [1.82, 2.24) is 25.0 Å². The number of benzene rings is 1. The summed E-state index contributed by atoms with van der Waals surface area (Å²) in [5, 5.41) is 17.2. The fourth-order valence-corrected chi connectivity index (χ4v) is 2.91. The van der Waals surface area contributed by atoms with Gasteiger partial charge in [0.05, 0.1) is 6.54 Å². The molecule has 3 rings (SSSR count). The van der Waals surface area contributed by atoms with Crippen molar-refractivity contribution in [3.63, 3.8) is 0 Å². The minimum absolute atomic E-state index is 0.175. The second-order valence-electron chi connectivity index (χ2n) is 6.29. The van der Waals surface area contributed by atoms with Gasteiger partial charge in [0.2, 0.25) is 12.2 Å². The molecule has 0 bridgehead atoms. The Morgan fingerprint density at radius 1 is 1.30 bits per heavy atom. The molecule has 1 aliphatic heterocycles. The summed E-state index contributed by atoms with van der Waals surface area (Å²) in [7, 11) is 0. The summed E-state index contributed by atoms with van der Waals surface area (Å²) in [4.78, 5) is 39.0. The number of aromatic nitrogens is 3. The van der Waals surface area contributed by atoms with E-state index in [9.17, 15) is 19.7 Å². The van der Waals surface area contributed by atoms with E-state index in [1.165, 1.54) is 11.0 Å². The lowest BCUT2D eigenvalue weighted by Gasteiger charge is -2.15. The van der Waals surface area contributed by atoms with Gasteiger partial charge in [0.15, 0.2) is 0 Å². The van der Waals surface area contributed by atoms with Crippen LogP contribution in [0.3, 0.4) is 0 Å². The number of nitrogens with zero attached hydrogens (tertiary/aromatic N) is 5. The first-order valence-electron chi connectivity index (χ1n) is 8.71. The van der Waals surface area contributed by atoms with E-state index < -0.39 is 10.9 Å². The predicted octanol–water partition coefficient (Wildman–Crippen LogP) is 0.977. The summed E-state index contributed by atoms with van der Waals surface area (Å²) in [5.41, 5.74) is 1.37. The number of carbonyl (C=O) groups excluding carboxylic acids is 2. The Kier molecular flexibility index (Phi) is 5.74. The number of amides is 2. The van der Waals surface area contributed by atoms with Gasteiger partial charge in [-0.05, 0) is 35.5 Å². The lowest BCUT2D eigenvalue weighted by molar-refractivity contribution is -0.394. The molecule has 10 nitrogen and oxygen atoms in total. The molecule has 2 aromatic rings. The van der Waals surface area contributed by atoms with Crippen LogP contribution in [-0.2, 0) is 11.3 Å². The Morgan fingerprint density at radius 3 is 2.70 bits per heavy atom. The second kappa shape index (κ2) is 8.39. The third-order valence-electron chi connectivity index (χ3n) is 4.31. The van der Waals surface area contributed by atoms with Gasteiger partial charge in [-0.15, -0.1) is 0 Å². The lowest BCUT2D eigenvalue weighted by atomic mass is 10.1. The van der Waals surface area contributed by atoms with Gasteiger partial charge in [-0.3, -0.25) is 9.59 Å². The highest BCUT2D eigenvalue weighted by atomic mass is 16.6. The highest BCUT2D eigenvalue weighted by Gasteiger charge is 2.19. The van der Waals surface area contributed by atoms with E-state index in [-0.39, 0.29) is 11.8 Å². The van der Waals surface area contributed by atoms with Crippen LogP contribution < -0.4 is 5.32 Å². The van der Waals surface area contributed by atoms with E-state index in [0.29, 0.717) is 31.6 Å². The topological polar surface area (TPSA) is 123 Å². The van der Waals surface area contributed by atoms with Crippen LogP contribution in [0.25, 0.3) is 0 Å². The molecule has 1 N–H and O–H groups in total. The van der Waals surface area contributed by atoms with E-state index in [4.69, 9.17) is 0 Å². The Morgan fingerprint density at radius 2 is 2.07 bits per heavy atom. The van der Waals surface area contributed by atoms with Gasteiger partial charge in [-0.25, -0.2) is 0 Å². The first-order valence-corrected chi connectivity index (χ1v) is 8.71. The van der Waals surface area contributed by atoms with Crippen LogP contribution in [0, 0.1) is 10.1 Å². The number of nitro groups is 1. The van der Waals surface area contributed by atoms with Gasteiger partial charge in [0.1, 0.15) is 0 Å². The normalized spacial score (nSPS) is 13.8. The van der Waals surface area contributed by atoms with Crippen LogP contribution in [0.2, 0.25) is 0 Å². The number of hydrogen-bond acceptors (Lipinski definition) is 6. The van der Waals surface area contributed by atoms with Gasteiger partial charge in [-0.1, -0.05) is 17.1 Å². The van der Waals surface area contributed by atoms with Gasteiger partial charge in [0, 0.05) is 36.7 Å². The minimum Gasteiger partial charge on any atom is -0.390 e. The molecule has 2 amide bonds. The highest BCUT2D eigenvalue weighted by Crippen LogP contribution is 2.10. The Bertz CT molecular complexity index is 832. The smallest absolute Gasteiger partial charge is 0.390 e. The highest BCUT2D eigenvalue weighted by molar-refractivity contribution is 5.94. The van der Waals surface area contributed by atoms with Crippen LogP contribution in [-0.4, -0.2) is 56.0 Å². The Balaban J connectivity index is 1.45. The molecule has 27 heavy (non-hydrogen) atoms. The predicted molar refractivity (Wildman–Crippen MR) is 95.0 cm³/mol. The van der Waals surface area contributed by atoms with Crippen molar-refractivity contribution in [2.75, 3.05) is 19.6 Å². The molecule has 1 saturated heterocycles. The summed E-state index contributed by atoms with van der Waals surface area (Å²) in [6, 6.07) is 6.93. The number of carbonyl (C=O) groups is 2. The molecule has 1 aromatic carbocycles. The molecule has 0 saturated carbocycles. The standard InChI is InChI=1S/C17H20N6O4/c24-15-3-1-9-21(15)10-2-8-18-16(25)14-6-4-13(5-7-14)11-22-12-19-17(20-22)23(26)27/h4-7,12H,1-3,8-11H2,(H,18,25). The van der Waals surface area contributed by atoms with Crippen LogP contribution >= 0.6 is 0 Å². The van der Waals surface area contributed by atoms with Crippen molar-refractivity contribution in [3.8, 4) is 0 Å². The second-order valence-corrected chi connectivity index (χ2v) is 6.29. The molecular formula is C17H20N6O4. The number of rotatable bonds is 8. The third-order valence-corrected chi connectivity index (χ3v) is 4.31. The average Bonchev–Trinajstić information content (AvgIpc) is 3.28. The van der Waals surface area contributed by atoms with Crippen molar-refractivity contribution in [3.05, 3.63) is 51.8 Å². The fourth-order valence-electron chi connectivity index (χ4n) is 2.91. The molecule has 0 radical (unpaired) electrons. The summed E-state index contributed by atoms with van der Waals surface area (Å²) in [6.07, 6.45) is 3.56. The molecule has 1 aromatic heterocycles. The quantitative estimate of drug-likeness (QED) is 0.418. The van der Waals surface area contributed by atoms with E-state index in [1.54, 1.807) is 24.3 Å². The van der Waals surface area contributed by atoms with Crippen LogP contribution in [0.15, 0.2) is 30.6 Å². The molecule has 2 heterocycles. The molecule has 0 unspecified atom stereocenters. The third kappa shape index (κ3) is 4.87. The van der Waals surface area contributed by atoms with E-state index in [0.717, 1.165) is 24.9 Å². The first-order chi connectivity index (χ1) is 13.0. The molecule has 10 heteroatoms. The largest absolute Gasteiger partial charge is 0.490 e. The Labute approximate surface area is 155 Å². The molecule has 1 aliphatic rings. The summed E-state index contributed by atoms with van der Waals surface area (Å²) in [6.45, 7) is 2.31. The summed E-state index contributed by atoms with van der Waals surface area (Å²) in [5.74, 6) is -0.429. The average molecular weight is 372 g/mol. The molecular weight excluding hydrogens is 352 g/mol. The minimum atomic E-state index is -0.649. The molecule has 1 fully saturated rings. The molecule has 142 valence electrons. The Hall–Kier alpha value is -3.30. The molecule has 0 aliphatic carbocycles. The van der Waals surface area contributed by atoms with Crippen LogP contribution in [0.1, 0.15) is 35.2 Å². The monoisotopic (exact) mass is 372 g/mol. The molecule has 0 spiro atoms. The maximum Gasteiger partial charge on any atom is 0.490 e.